The number of thioether (sulfide) groups is 1. The molecule has 1 aromatic carbocycles. The van der Waals surface area contributed by atoms with E-state index in [1.54, 1.807) is 39.8 Å². The average Bonchev–Trinajstić information content (AvgIpc) is 3.40. The van der Waals surface area contributed by atoms with Gasteiger partial charge in [0.15, 0.2) is 5.16 Å². The van der Waals surface area contributed by atoms with Gasteiger partial charge in [-0.1, -0.05) is 35.5 Å². The predicted octanol–water partition coefficient (Wildman–Crippen LogP) is 2.68. The molecule has 0 atom stereocenters. The number of benzene rings is 1. The maximum absolute atomic E-state index is 13.1. The fourth-order valence-electron chi connectivity index (χ4n) is 2.95. The van der Waals surface area contributed by atoms with Crippen LogP contribution >= 0.6 is 23.4 Å². The van der Waals surface area contributed by atoms with Crippen molar-refractivity contribution in [2.24, 2.45) is 0 Å². The quantitative estimate of drug-likeness (QED) is 0.245. The molecule has 0 amide bonds. The Kier molecular flexibility index (Phi) is 5.86. The third-order valence-corrected chi connectivity index (χ3v) is 5.55. The van der Waals surface area contributed by atoms with E-state index in [1.807, 2.05) is 12.1 Å². The highest BCUT2D eigenvalue weighted by atomic mass is 35.5. The maximum Gasteiger partial charge on any atom is 0.356 e. The lowest BCUT2D eigenvalue weighted by Gasteiger charge is -2.13. The van der Waals surface area contributed by atoms with E-state index < -0.39 is 5.97 Å². The number of nitrogens with zero attached hydrogens (tertiary/aromatic N) is 6. The van der Waals surface area contributed by atoms with Crippen LogP contribution < -0.4 is 5.56 Å². The Morgan fingerprint density at radius 3 is 2.80 bits per heavy atom. The molecule has 0 aliphatic rings. The number of rotatable bonds is 7. The van der Waals surface area contributed by atoms with Crippen LogP contribution in [0.2, 0.25) is 5.02 Å². The van der Waals surface area contributed by atoms with E-state index in [1.165, 1.54) is 29.8 Å². The second-order valence-corrected chi connectivity index (χ2v) is 7.62. The van der Waals surface area contributed by atoms with Gasteiger partial charge in [0, 0.05) is 18.9 Å². The van der Waals surface area contributed by atoms with Crippen LogP contribution in [0.3, 0.4) is 0 Å². The number of hydrogen-bond acceptors (Lipinski definition) is 7. The van der Waals surface area contributed by atoms with Gasteiger partial charge in [0.25, 0.3) is 5.56 Å². The summed E-state index contributed by atoms with van der Waals surface area (Å²) in [5.41, 5.74) is 0.790. The molecule has 3 heterocycles. The number of hydrogen-bond donors (Lipinski definition) is 0. The number of para-hydroxylation sites is 1. The number of aromatic nitrogens is 6. The van der Waals surface area contributed by atoms with Crippen molar-refractivity contribution < 1.29 is 9.53 Å². The van der Waals surface area contributed by atoms with Crippen molar-refractivity contribution in [3.05, 3.63) is 70.0 Å². The first kappa shape index (κ1) is 20.2. The van der Waals surface area contributed by atoms with Crippen LogP contribution in [0.15, 0.2) is 58.9 Å². The lowest BCUT2D eigenvalue weighted by atomic mass is 10.2. The molecule has 9 nitrogen and oxygen atoms in total. The SMILES string of the molecule is COC(=O)c1ccnn1CSc1nc2ccccc2c(=O)n1CCn1cc(Cl)cn1. The molecule has 11 heteroatoms. The Morgan fingerprint density at radius 1 is 1.20 bits per heavy atom. The molecule has 4 aromatic rings. The number of carbonyl (C=O) groups excluding carboxylic acids is 1. The summed E-state index contributed by atoms with van der Waals surface area (Å²) in [6.07, 6.45) is 4.76. The van der Waals surface area contributed by atoms with Crippen LogP contribution in [-0.4, -0.2) is 42.2 Å². The summed E-state index contributed by atoms with van der Waals surface area (Å²) in [6.45, 7) is 0.815. The number of carbonyl (C=O) groups is 1. The van der Waals surface area contributed by atoms with Gasteiger partial charge >= 0.3 is 5.97 Å². The van der Waals surface area contributed by atoms with Gasteiger partial charge in [0.2, 0.25) is 0 Å². The van der Waals surface area contributed by atoms with Crippen molar-refractivity contribution >= 4 is 40.2 Å². The monoisotopic (exact) mass is 444 g/mol. The summed E-state index contributed by atoms with van der Waals surface area (Å²) >= 11 is 7.23. The van der Waals surface area contributed by atoms with E-state index in [9.17, 15) is 9.59 Å². The Hall–Kier alpha value is -3.11. The summed E-state index contributed by atoms with van der Waals surface area (Å²) in [4.78, 5) is 29.7. The second-order valence-electron chi connectivity index (χ2n) is 6.27. The average molecular weight is 445 g/mol. The Morgan fingerprint density at radius 2 is 2.03 bits per heavy atom. The number of ether oxygens (including phenoxy) is 1. The molecule has 154 valence electrons. The molecule has 0 saturated heterocycles. The van der Waals surface area contributed by atoms with Crippen LogP contribution in [-0.2, 0) is 23.7 Å². The molecule has 30 heavy (non-hydrogen) atoms. The van der Waals surface area contributed by atoms with Crippen molar-refractivity contribution in [1.82, 2.24) is 29.1 Å². The second kappa shape index (κ2) is 8.72. The summed E-state index contributed by atoms with van der Waals surface area (Å²) in [6, 6.07) is 8.77. The summed E-state index contributed by atoms with van der Waals surface area (Å²) in [5.74, 6) is -0.192. The maximum atomic E-state index is 13.1. The molecule has 3 aromatic heterocycles. The van der Waals surface area contributed by atoms with Crippen LogP contribution in [0.25, 0.3) is 10.9 Å². The minimum atomic E-state index is -0.479. The predicted molar refractivity (Wildman–Crippen MR) is 113 cm³/mol. The van der Waals surface area contributed by atoms with Gasteiger partial charge in [-0.15, -0.1) is 0 Å². The highest BCUT2D eigenvalue weighted by Gasteiger charge is 2.15. The fourth-order valence-corrected chi connectivity index (χ4v) is 4.04. The van der Waals surface area contributed by atoms with E-state index in [4.69, 9.17) is 16.3 Å². The standard InChI is InChI=1S/C19H17ClN6O3S/c1-29-18(28)16-6-7-21-26(16)12-30-19-23-15-5-3-2-4-14(15)17(27)25(19)9-8-24-11-13(20)10-22-24/h2-7,10-11H,8-9,12H2,1H3. The number of esters is 1. The highest BCUT2D eigenvalue weighted by Crippen LogP contribution is 2.20. The van der Waals surface area contributed by atoms with E-state index in [-0.39, 0.29) is 11.4 Å². The Bertz CT molecular complexity index is 1260. The zero-order chi connectivity index (χ0) is 21.1. The molecule has 4 rings (SSSR count). The Balaban J connectivity index is 1.66. The lowest BCUT2D eigenvalue weighted by molar-refractivity contribution is 0.0588. The van der Waals surface area contributed by atoms with Gasteiger partial charge in [0.1, 0.15) is 5.69 Å². The van der Waals surface area contributed by atoms with Gasteiger partial charge in [-0.25, -0.2) is 14.5 Å². The minimum absolute atomic E-state index is 0.144. The highest BCUT2D eigenvalue weighted by molar-refractivity contribution is 7.98. The first-order valence-electron chi connectivity index (χ1n) is 8.97. The topological polar surface area (TPSA) is 96.8 Å². The normalized spacial score (nSPS) is 11.1. The molecule has 0 unspecified atom stereocenters. The van der Waals surface area contributed by atoms with Crippen LogP contribution in [0.1, 0.15) is 10.5 Å². The first-order valence-corrected chi connectivity index (χ1v) is 10.3. The van der Waals surface area contributed by atoms with E-state index in [2.05, 4.69) is 15.2 Å². The van der Waals surface area contributed by atoms with E-state index in [0.29, 0.717) is 39.9 Å². The molecule has 0 bridgehead atoms. The van der Waals surface area contributed by atoms with Crippen molar-refractivity contribution in [2.75, 3.05) is 7.11 Å². The van der Waals surface area contributed by atoms with E-state index >= 15 is 0 Å². The van der Waals surface area contributed by atoms with Crippen LogP contribution in [0.5, 0.6) is 0 Å². The third kappa shape index (κ3) is 4.10. The van der Waals surface area contributed by atoms with E-state index in [0.717, 1.165) is 0 Å². The number of aryl methyl sites for hydroxylation is 1. The summed E-state index contributed by atoms with van der Waals surface area (Å²) < 4.78 is 9.56. The molecule has 0 aliphatic carbocycles. The minimum Gasteiger partial charge on any atom is -0.464 e. The lowest BCUT2D eigenvalue weighted by Crippen LogP contribution is -2.26. The molecular formula is C19H17ClN6O3S. The van der Waals surface area contributed by atoms with Crippen molar-refractivity contribution in [3.63, 3.8) is 0 Å². The third-order valence-electron chi connectivity index (χ3n) is 4.41. The summed E-state index contributed by atoms with van der Waals surface area (Å²) in [5, 5.41) is 9.90. The van der Waals surface area contributed by atoms with Crippen LogP contribution in [0.4, 0.5) is 0 Å². The van der Waals surface area contributed by atoms with Crippen molar-refractivity contribution in [1.29, 1.82) is 0 Å². The zero-order valence-corrected chi connectivity index (χ0v) is 17.5. The van der Waals surface area contributed by atoms with Gasteiger partial charge < -0.3 is 4.74 Å². The number of methoxy groups -OCH3 is 1. The molecule has 0 radical (unpaired) electrons. The fraction of sp³-hybridized carbons (Fsp3) is 0.211. The Labute approximate surface area is 180 Å². The first-order chi connectivity index (χ1) is 14.6. The molecule has 0 saturated carbocycles. The summed E-state index contributed by atoms with van der Waals surface area (Å²) in [7, 11) is 1.32. The largest absolute Gasteiger partial charge is 0.464 e. The number of halogens is 1. The van der Waals surface area contributed by atoms with Crippen molar-refractivity contribution in [3.8, 4) is 0 Å². The van der Waals surface area contributed by atoms with Crippen LogP contribution in [0, 0.1) is 0 Å². The number of fused-ring (bicyclic) bond motifs is 1. The van der Waals surface area contributed by atoms with Gasteiger partial charge in [-0.05, 0) is 18.2 Å². The van der Waals surface area contributed by atoms with Gasteiger partial charge in [0.05, 0.1) is 41.7 Å². The zero-order valence-electron chi connectivity index (χ0n) is 15.9. The molecule has 0 spiro atoms. The molecular weight excluding hydrogens is 428 g/mol. The van der Waals surface area contributed by atoms with Crippen molar-refractivity contribution in [2.45, 2.75) is 24.1 Å². The molecule has 0 aliphatic heterocycles. The molecule has 0 N–H and O–H groups in total. The smallest absolute Gasteiger partial charge is 0.356 e. The van der Waals surface area contributed by atoms with Gasteiger partial charge in [-0.3, -0.25) is 14.0 Å². The van der Waals surface area contributed by atoms with Gasteiger partial charge in [-0.2, -0.15) is 10.2 Å². The molecule has 0 fully saturated rings.